The molecular formula is C17H14ClFN2O4S. The number of halogens is 2. The first-order valence-corrected chi connectivity index (χ1v) is 9.36. The summed E-state index contributed by atoms with van der Waals surface area (Å²) in [5, 5.41) is 2.39. The lowest BCUT2D eigenvalue weighted by molar-refractivity contribution is -0.118. The minimum Gasteiger partial charge on any atom is -0.423 e. The Morgan fingerprint density at radius 2 is 1.92 bits per heavy atom. The van der Waals surface area contributed by atoms with Gasteiger partial charge in [-0.25, -0.2) is 12.8 Å². The van der Waals surface area contributed by atoms with Crippen LogP contribution in [-0.4, -0.2) is 24.1 Å². The Bertz CT molecular complexity index is 1080. The molecule has 0 radical (unpaired) electrons. The molecule has 9 heteroatoms. The van der Waals surface area contributed by atoms with Crippen LogP contribution >= 0.6 is 11.6 Å². The molecule has 136 valence electrons. The molecule has 0 atom stereocenters. The number of nitrogens with zero attached hydrogens (tertiary/aromatic N) is 1. The molecule has 0 fully saturated rings. The van der Waals surface area contributed by atoms with Gasteiger partial charge in [-0.3, -0.25) is 10.1 Å². The molecule has 6 nitrogen and oxygen atoms in total. The third-order valence-corrected chi connectivity index (χ3v) is 6.59. The number of benzene rings is 2. The SMILES string of the molecule is CC(C)(C(=O)Nc1nc2ccccc2o1)S(=O)(=O)c1ccc(Cl)cc1F. The van der Waals surface area contributed by atoms with Crippen molar-refractivity contribution in [3.8, 4) is 0 Å². The maximum atomic E-state index is 14.1. The molecule has 2 aromatic carbocycles. The van der Waals surface area contributed by atoms with E-state index in [0.717, 1.165) is 12.1 Å². The number of carbonyl (C=O) groups excluding carboxylic acids is 1. The van der Waals surface area contributed by atoms with Crippen LogP contribution in [-0.2, 0) is 14.6 Å². The number of sulfone groups is 1. The summed E-state index contributed by atoms with van der Waals surface area (Å²) in [5.41, 5.74) is 0.944. The number of hydrogen-bond acceptors (Lipinski definition) is 5. The summed E-state index contributed by atoms with van der Waals surface area (Å²) in [6, 6.07) is 9.82. The van der Waals surface area contributed by atoms with Gasteiger partial charge in [-0.15, -0.1) is 0 Å². The van der Waals surface area contributed by atoms with Crippen molar-refractivity contribution in [3.63, 3.8) is 0 Å². The Labute approximate surface area is 153 Å². The van der Waals surface area contributed by atoms with Gasteiger partial charge in [0, 0.05) is 5.02 Å². The van der Waals surface area contributed by atoms with Crippen LogP contribution in [0.1, 0.15) is 13.8 Å². The van der Waals surface area contributed by atoms with Crippen LogP contribution in [0.3, 0.4) is 0 Å². The summed E-state index contributed by atoms with van der Waals surface area (Å²) in [7, 11) is -4.35. The van der Waals surface area contributed by atoms with Crippen molar-refractivity contribution >= 4 is 44.5 Å². The molecule has 0 unspecified atom stereocenters. The standard InChI is InChI=1S/C17H14ClFN2O4S/c1-17(2,26(23,24)14-8-7-10(18)9-11(14)19)15(22)21-16-20-12-5-3-4-6-13(12)25-16/h3-9H,1-2H3,(H,20,21,22). The molecule has 1 amide bonds. The van der Waals surface area contributed by atoms with E-state index in [4.69, 9.17) is 16.0 Å². The highest BCUT2D eigenvalue weighted by molar-refractivity contribution is 7.93. The van der Waals surface area contributed by atoms with Crippen molar-refractivity contribution < 1.29 is 22.0 Å². The van der Waals surface area contributed by atoms with Crippen LogP contribution in [0.5, 0.6) is 0 Å². The maximum Gasteiger partial charge on any atom is 0.302 e. The summed E-state index contributed by atoms with van der Waals surface area (Å²) in [6.45, 7) is 2.35. The van der Waals surface area contributed by atoms with Crippen molar-refractivity contribution in [3.05, 3.63) is 53.3 Å². The minimum absolute atomic E-state index is 0.0511. The molecule has 0 aliphatic rings. The number of anilines is 1. The Morgan fingerprint density at radius 3 is 2.58 bits per heavy atom. The number of carbonyl (C=O) groups is 1. The van der Waals surface area contributed by atoms with Crippen LogP contribution in [0.15, 0.2) is 51.8 Å². The average Bonchev–Trinajstić information content (AvgIpc) is 2.96. The van der Waals surface area contributed by atoms with Crippen molar-refractivity contribution in [1.82, 2.24) is 4.98 Å². The number of amides is 1. The molecule has 0 aliphatic heterocycles. The van der Waals surface area contributed by atoms with Crippen LogP contribution in [0, 0.1) is 5.82 Å². The fraction of sp³-hybridized carbons (Fsp3) is 0.176. The van der Waals surface area contributed by atoms with Crippen molar-refractivity contribution in [1.29, 1.82) is 0 Å². The Morgan fingerprint density at radius 1 is 1.23 bits per heavy atom. The van der Waals surface area contributed by atoms with Gasteiger partial charge in [-0.1, -0.05) is 23.7 Å². The molecule has 0 bridgehead atoms. The lowest BCUT2D eigenvalue weighted by Crippen LogP contribution is -2.44. The average molecular weight is 397 g/mol. The number of nitrogens with one attached hydrogen (secondary N) is 1. The molecule has 3 rings (SSSR count). The summed E-state index contributed by atoms with van der Waals surface area (Å²) < 4.78 is 43.0. The van der Waals surface area contributed by atoms with Gasteiger partial charge in [-0.2, -0.15) is 4.98 Å². The molecular weight excluding hydrogens is 383 g/mol. The highest BCUT2D eigenvalue weighted by Crippen LogP contribution is 2.30. The summed E-state index contributed by atoms with van der Waals surface area (Å²) in [4.78, 5) is 16.0. The number of hydrogen-bond donors (Lipinski definition) is 1. The third-order valence-electron chi connectivity index (χ3n) is 3.92. The van der Waals surface area contributed by atoms with Gasteiger partial charge in [0.2, 0.25) is 5.91 Å². The first-order valence-electron chi connectivity index (χ1n) is 7.49. The van der Waals surface area contributed by atoms with Gasteiger partial charge in [-0.05, 0) is 44.2 Å². The molecule has 3 aromatic rings. The van der Waals surface area contributed by atoms with E-state index >= 15 is 0 Å². The molecule has 26 heavy (non-hydrogen) atoms. The lowest BCUT2D eigenvalue weighted by atomic mass is 10.2. The number of para-hydroxylation sites is 2. The molecule has 0 saturated heterocycles. The summed E-state index contributed by atoms with van der Waals surface area (Å²) in [6.07, 6.45) is 0. The first-order chi connectivity index (χ1) is 12.1. The summed E-state index contributed by atoms with van der Waals surface area (Å²) >= 11 is 5.66. The van der Waals surface area contributed by atoms with E-state index < -0.39 is 31.2 Å². The second-order valence-electron chi connectivity index (χ2n) is 6.03. The highest BCUT2D eigenvalue weighted by atomic mass is 35.5. The van der Waals surface area contributed by atoms with E-state index in [1.54, 1.807) is 24.3 Å². The van der Waals surface area contributed by atoms with E-state index in [9.17, 15) is 17.6 Å². The van der Waals surface area contributed by atoms with Gasteiger partial charge in [0.25, 0.3) is 0 Å². The fourth-order valence-electron chi connectivity index (χ4n) is 2.26. The number of aromatic nitrogens is 1. The van der Waals surface area contributed by atoms with Gasteiger partial charge < -0.3 is 4.42 Å². The smallest absolute Gasteiger partial charge is 0.302 e. The molecule has 1 N–H and O–H groups in total. The fourth-order valence-corrected chi connectivity index (χ4v) is 3.83. The normalized spacial score (nSPS) is 12.3. The Hall–Kier alpha value is -2.45. The number of rotatable bonds is 4. The van der Waals surface area contributed by atoms with Crippen molar-refractivity contribution in [2.75, 3.05) is 5.32 Å². The Balaban J connectivity index is 1.93. The van der Waals surface area contributed by atoms with E-state index in [0.29, 0.717) is 11.1 Å². The summed E-state index contributed by atoms with van der Waals surface area (Å²) in [5.74, 6) is -1.93. The van der Waals surface area contributed by atoms with E-state index in [1.807, 2.05) is 0 Å². The number of fused-ring (bicyclic) bond motifs is 1. The topological polar surface area (TPSA) is 89.3 Å². The monoisotopic (exact) mass is 396 g/mol. The predicted octanol–water partition coefficient (Wildman–Crippen LogP) is 3.81. The zero-order valence-electron chi connectivity index (χ0n) is 13.8. The van der Waals surface area contributed by atoms with Gasteiger partial charge >= 0.3 is 6.01 Å². The highest BCUT2D eigenvalue weighted by Gasteiger charge is 2.44. The second kappa shape index (κ2) is 6.37. The zero-order chi connectivity index (χ0) is 19.1. The molecule has 0 saturated carbocycles. The number of oxazole rings is 1. The minimum atomic E-state index is -4.35. The maximum absolute atomic E-state index is 14.1. The molecule has 0 spiro atoms. The van der Waals surface area contributed by atoms with Crippen molar-refractivity contribution in [2.45, 2.75) is 23.5 Å². The lowest BCUT2D eigenvalue weighted by Gasteiger charge is -2.23. The first kappa shape index (κ1) is 18.3. The Kier molecular flexibility index (Phi) is 4.49. The van der Waals surface area contributed by atoms with E-state index in [1.165, 1.54) is 19.9 Å². The second-order valence-corrected chi connectivity index (χ2v) is 8.93. The molecule has 1 aromatic heterocycles. The quantitative estimate of drug-likeness (QED) is 0.724. The zero-order valence-corrected chi connectivity index (χ0v) is 15.4. The van der Waals surface area contributed by atoms with Crippen LogP contribution in [0.25, 0.3) is 11.1 Å². The van der Waals surface area contributed by atoms with Crippen LogP contribution in [0.2, 0.25) is 5.02 Å². The van der Waals surface area contributed by atoms with E-state index in [2.05, 4.69) is 10.3 Å². The van der Waals surface area contributed by atoms with Crippen molar-refractivity contribution in [2.24, 2.45) is 0 Å². The van der Waals surface area contributed by atoms with Gasteiger partial charge in [0.1, 0.15) is 21.0 Å². The predicted molar refractivity (Wildman–Crippen MR) is 95.3 cm³/mol. The van der Waals surface area contributed by atoms with Gasteiger partial charge in [0.05, 0.1) is 0 Å². The largest absolute Gasteiger partial charge is 0.423 e. The third kappa shape index (κ3) is 3.06. The van der Waals surface area contributed by atoms with E-state index in [-0.39, 0.29) is 11.0 Å². The molecule has 0 aliphatic carbocycles. The van der Waals surface area contributed by atoms with Gasteiger partial charge in [0.15, 0.2) is 15.4 Å². The van der Waals surface area contributed by atoms with Crippen LogP contribution < -0.4 is 5.32 Å². The van der Waals surface area contributed by atoms with Crippen LogP contribution in [0.4, 0.5) is 10.4 Å². The molecule has 1 heterocycles.